The molecule has 1 fully saturated rings. The van der Waals surface area contributed by atoms with Crippen LogP contribution in [0.5, 0.6) is 5.75 Å². The van der Waals surface area contributed by atoms with Gasteiger partial charge >= 0.3 is 6.61 Å². The van der Waals surface area contributed by atoms with Gasteiger partial charge in [-0.25, -0.2) is 0 Å². The van der Waals surface area contributed by atoms with Gasteiger partial charge in [-0.1, -0.05) is 18.2 Å². The topological polar surface area (TPSA) is 67.4 Å². The predicted molar refractivity (Wildman–Crippen MR) is 92.0 cm³/mol. The van der Waals surface area contributed by atoms with Gasteiger partial charge in [0.1, 0.15) is 5.75 Å². The molecular formula is C19H18F2N2O3. The summed E-state index contributed by atoms with van der Waals surface area (Å²) >= 11 is 0. The molecule has 136 valence electrons. The zero-order valence-electron chi connectivity index (χ0n) is 13.9. The molecule has 2 N–H and O–H groups in total. The van der Waals surface area contributed by atoms with E-state index in [1.165, 1.54) is 6.07 Å². The molecule has 0 radical (unpaired) electrons. The number of hydrogen-bond donors (Lipinski definition) is 2. The zero-order chi connectivity index (χ0) is 18.5. The van der Waals surface area contributed by atoms with Crippen LogP contribution in [0.3, 0.4) is 0 Å². The number of para-hydroxylation sites is 1. The number of halogens is 2. The van der Waals surface area contributed by atoms with Gasteiger partial charge in [0.2, 0.25) is 5.91 Å². The first-order valence-electron chi connectivity index (χ1n) is 8.25. The highest BCUT2D eigenvalue weighted by Gasteiger charge is 2.29. The van der Waals surface area contributed by atoms with E-state index in [1.807, 2.05) is 0 Å². The first-order chi connectivity index (χ1) is 12.5. The fourth-order valence-corrected chi connectivity index (χ4v) is 2.43. The Labute approximate surface area is 149 Å². The van der Waals surface area contributed by atoms with Gasteiger partial charge < -0.3 is 15.4 Å². The molecule has 0 saturated heterocycles. The molecule has 0 unspecified atom stereocenters. The van der Waals surface area contributed by atoms with Gasteiger partial charge in [0.05, 0.1) is 0 Å². The lowest BCUT2D eigenvalue weighted by Gasteiger charge is -2.11. The second-order valence-corrected chi connectivity index (χ2v) is 6.01. The Morgan fingerprint density at radius 2 is 1.77 bits per heavy atom. The van der Waals surface area contributed by atoms with Gasteiger partial charge in [-0.2, -0.15) is 8.78 Å². The lowest BCUT2D eigenvalue weighted by atomic mass is 10.1. The largest absolute Gasteiger partial charge is 0.434 e. The molecule has 26 heavy (non-hydrogen) atoms. The van der Waals surface area contributed by atoms with Crippen LogP contribution >= 0.6 is 0 Å². The summed E-state index contributed by atoms with van der Waals surface area (Å²) in [5.41, 5.74) is 1.49. The number of hydrogen-bond acceptors (Lipinski definition) is 3. The van der Waals surface area contributed by atoms with Gasteiger partial charge in [0, 0.05) is 29.3 Å². The fourth-order valence-electron chi connectivity index (χ4n) is 2.43. The molecule has 0 atom stereocenters. The summed E-state index contributed by atoms with van der Waals surface area (Å²) in [5.74, 6) is -0.218. The van der Waals surface area contributed by atoms with Gasteiger partial charge in [-0.05, 0) is 43.2 Å². The summed E-state index contributed by atoms with van der Waals surface area (Å²) in [5, 5.41) is 5.46. The molecule has 1 saturated carbocycles. The van der Waals surface area contributed by atoms with Crippen LogP contribution in [-0.2, 0) is 11.3 Å². The minimum Gasteiger partial charge on any atom is -0.434 e. The highest BCUT2D eigenvalue weighted by atomic mass is 19.3. The quantitative estimate of drug-likeness (QED) is 0.793. The van der Waals surface area contributed by atoms with Gasteiger partial charge in [0.25, 0.3) is 5.91 Å². The normalized spacial score (nSPS) is 13.3. The Morgan fingerprint density at radius 1 is 1.08 bits per heavy atom. The number of carbonyl (C=O) groups excluding carboxylic acids is 2. The zero-order valence-corrected chi connectivity index (χ0v) is 13.9. The summed E-state index contributed by atoms with van der Waals surface area (Å²) in [4.78, 5) is 23.9. The molecule has 0 aliphatic heterocycles. The van der Waals surface area contributed by atoms with E-state index >= 15 is 0 Å². The number of nitrogens with one attached hydrogen (secondary N) is 2. The van der Waals surface area contributed by atoms with Crippen molar-refractivity contribution in [1.82, 2.24) is 5.32 Å². The molecule has 2 amide bonds. The van der Waals surface area contributed by atoms with Gasteiger partial charge in [-0.15, -0.1) is 0 Å². The second kappa shape index (κ2) is 7.95. The van der Waals surface area contributed by atoms with E-state index in [4.69, 9.17) is 0 Å². The van der Waals surface area contributed by atoms with Crippen LogP contribution in [0.4, 0.5) is 14.5 Å². The van der Waals surface area contributed by atoms with Crippen molar-refractivity contribution in [2.75, 3.05) is 5.32 Å². The molecule has 0 bridgehead atoms. The van der Waals surface area contributed by atoms with Crippen LogP contribution in [0.1, 0.15) is 28.8 Å². The van der Waals surface area contributed by atoms with Crippen LogP contribution in [0.15, 0.2) is 48.5 Å². The van der Waals surface area contributed by atoms with Crippen LogP contribution < -0.4 is 15.4 Å². The van der Waals surface area contributed by atoms with E-state index in [1.54, 1.807) is 42.5 Å². The van der Waals surface area contributed by atoms with Crippen molar-refractivity contribution in [3.05, 3.63) is 59.7 Å². The Balaban J connectivity index is 1.57. The van der Waals surface area contributed by atoms with Crippen molar-refractivity contribution in [1.29, 1.82) is 0 Å². The fraction of sp³-hybridized carbons (Fsp3) is 0.263. The molecule has 1 aliphatic carbocycles. The first-order valence-corrected chi connectivity index (χ1v) is 8.25. The third-order valence-electron chi connectivity index (χ3n) is 3.99. The summed E-state index contributed by atoms with van der Waals surface area (Å²) in [6, 6.07) is 12.8. The van der Waals surface area contributed by atoms with E-state index in [0.29, 0.717) is 16.8 Å². The van der Waals surface area contributed by atoms with Crippen molar-refractivity contribution in [2.24, 2.45) is 5.92 Å². The number of anilines is 1. The minimum atomic E-state index is -2.93. The van der Waals surface area contributed by atoms with E-state index in [-0.39, 0.29) is 30.0 Å². The number of carbonyl (C=O) groups is 2. The summed E-state index contributed by atoms with van der Waals surface area (Å²) in [6.07, 6.45) is 1.84. The Kier molecular flexibility index (Phi) is 5.46. The number of rotatable bonds is 7. The maximum atomic E-state index is 12.4. The van der Waals surface area contributed by atoms with Crippen LogP contribution in [0.2, 0.25) is 0 Å². The standard InChI is InChI=1S/C19H18F2N2O3/c20-19(21)26-16-4-2-1-3-14(16)11-22-17(24)12-7-9-15(10-8-12)23-18(25)13-5-6-13/h1-4,7-10,13,19H,5-6,11H2,(H,22,24)(H,23,25). The molecule has 0 heterocycles. The van der Waals surface area contributed by atoms with E-state index < -0.39 is 6.61 Å². The SMILES string of the molecule is O=C(NCc1ccccc1OC(F)F)c1ccc(NC(=O)C2CC2)cc1. The van der Waals surface area contributed by atoms with Crippen molar-refractivity contribution < 1.29 is 23.1 Å². The van der Waals surface area contributed by atoms with E-state index in [0.717, 1.165) is 12.8 Å². The molecule has 5 nitrogen and oxygen atoms in total. The van der Waals surface area contributed by atoms with E-state index in [9.17, 15) is 18.4 Å². The van der Waals surface area contributed by atoms with Crippen LogP contribution in [0, 0.1) is 5.92 Å². The highest BCUT2D eigenvalue weighted by molar-refractivity contribution is 5.96. The maximum Gasteiger partial charge on any atom is 0.387 e. The molecule has 2 aromatic carbocycles. The Morgan fingerprint density at radius 3 is 2.42 bits per heavy atom. The Bertz CT molecular complexity index is 790. The summed E-state index contributed by atoms with van der Waals surface area (Å²) in [7, 11) is 0. The average Bonchev–Trinajstić information content (AvgIpc) is 3.46. The molecule has 7 heteroatoms. The first kappa shape index (κ1) is 17.8. The number of ether oxygens (including phenoxy) is 1. The Hall–Kier alpha value is -2.96. The second-order valence-electron chi connectivity index (χ2n) is 6.01. The summed E-state index contributed by atoms with van der Waals surface area (Å²) in [6.45, 7) is -2.87. The van der Waals surface area contributed by atoms with Crippen molar-refractivity contribution in [2.45, 2.75) is 26.0 Å². The minimum absolute atomic E-state index is 0.00200. The molecular weight excluding hydrogens is 342 g/mol. The lowest BCUT2D eigenvalue weighted by Crippen LogP contribution is -2.23. The number of alkyl halides is 2. The van der Waals surface area contributed by atoms with Crippen LogP contribution in [0.25, 0.3) is 0 Å². The smallest absolute Gasteiger partial charge is 0.387 e. The number of benzene rings is 2. The highest BCUT2D eigenvalue weighted by Crippen LogP contribution is 2.30. The number of amides is 2. The maximum absolute atomic E-state index is 12.4. The van der Waals surface area contributed by atoms with Crippen LogP contribution in [-0.4, -0.2) is 18.4 Å². The lowest BCUT2D eigenvalue weighted by molar-refractivity contribution is -0.117. The van der Waals surface area contributed by atoms with Gasteiger partial charge in [-0.3, -0.25) is 9.59 Å². The predicted octanol–water partition coefficient (Wildman–Crippen LogP) is 3.57. The molecule has 0 spiro atoms. The monoisotopic (exact) mass is 360 g/mol. The molecule has 1 aliphatic rings. The van der Waals surface area contributed by atoms with Gasteiger partial charge in [0.15, 0.2) is 0 Å². The summed E-state index contributed by atoms with van der Waals surface area (Å²) < 4.78 is 29.2. The third-order valence-corrected chi connectivity index (χ3v) is 3.99. The average molecular weight is 360 g/mol. The molecule has 3 rings (SSSR count). The van der Waals surface area contributed by atoms with Crippen molar-refractivity contribution in [3.8, 4) is 5.75 Å². The van der Waals surface area contributed by atoms with Crippen molar-refractivity contribution >= 4 is 17.5 Å². The molecule has 0 aromatic heterocycles. The molecule has 2 aromatic rings. The van der Waals surface area contributed by atoms with Crippen molar-refractivity contribution in [3.63, 3.8) is 0 Å². The van der Waals surface area contributed by atoms with E-state index in [2.05, 4.69) is 15.4 Å². The third kappa shape index (κ3) is 4.78.